The van der Waals surface area contributed by atoms with Crippen LogP contribution in [0.15, 0.2) is 0 Å². The summed E-state index contributed by atoms with van der Waals surface area (Å²) in [4.78, 5) is 13.9. The first kappa shape index (κ1) is 16.3. The summed E-state index contributed by atoms with van der Waals surface area (Å²) in [5, 5.41) is 12.7. The number of thiophene rings is 1. The van der Waals surface area contributed by atoms with Crippen LogP contribution in [0.2, 0.25) is 0 Å². The van der Waals surface area contributed by atoms with Gasteiger partial charge in [0.05, 0.1) is 11.3 Å². The van der Waals surface area contributed by atoms with Gasteiger partial charge in [-0.25, -0.2) is 0 Å². The fourth-order valence-electron chi connectivity index (χ4n) is 1.68. The van der Waals surface area contributed by atoms with Gasteiger partial charge in [-0.1, -0.05) is 0 Å². The second-order valence-corrected chi connectivity index (χ2v) is 5.90. The van der Waals surface area contributed by atoms with Gasteiger partial charge >= 0.3 is 0 Å². The molecule has 5 N–H and O–H groups in total. The SMILES string of the molecule is CC(C)N(C)CCCNc1sc(C#N)c(N)c1C(N)=O. The number of hydrogen-bond acceptors (Lipinski definition) is 6. The Balaban J connectivity index is 2.65. The van der Waals surface area contributed by atoms with Crippen LogP contribution in [0.5, 0.6) is 0 Å². The Morgan fingerprint density at radius 3 is 2.70 bits per heavy atom. The lowest BCUT2D eigenvalue weighted by atomic mass is 10.2. The number of rotatable bonds is 7. The lowest BCUT2D eigenvalue weighted by Gasteiger charge is -2.20. The molecule has 0 saturated carbocycles. The van der Waals surface area contributed by atoms with Crippen molar-refractivity contribution < 1.29 is 4.79 Å². The zero-order valence-corrected chi connectivity index (χ0v) is 12.9. The first-order chi connectivity index (χ1) is 9.38. The molecule has 7 heteroatoms. The number of nitrogens with two attached hydrogens (primary N) is 2. The highest BCUT2D eigenvalue weighted by molar-refractivity contribution is 7.17. The minimum Gasteiger partial charge on any atom is -0.396 e. The Hall–Kier alpha value is -1.78. The monoisotopic (exact) mass is 295 g/mol. The summed E-state index contributed by atoms with van der Waals surface area (Å²) in [6.45, 7) is 5.92. The Bertz CT molecular complexity index is 518. The molecule has 0 atom stereocenters. The minimum atomic E-state index is -0.609. The van der Waals surface area contributed by atoms with Crippen molar-refractivity contribution >= 4 is 27.9 Å². The molecule has 110 valence electrons. The van der Waals surface area contributed by atoms with E-state index in [4.69, 9.17) is 16.7 Å². The zero-order valence-electron chi connectivity index (χ0n) is 12.1. The summed E-state index contributed by atoms with van der Waals surface area (Å²) >= 11 is 1.17. The molecule has 1 amide bonds. The predicted octanol–water partition coefficient (Wildman–Crippen LogP) is 1.44. The lowest BCUT2D eigenvalue weighted by Crippen LogP contribution is -2.28. The van der Waals surface area contributed by atoms with Gasteiger partial charge < -0.3 is 21.7 Å². The number of amides is 1. The third-order valence-electron chi connectivity index (χ3n) is 3.15. The van der Waals surface area contributed by atoms with Crippen molar-refractivity contribution in [3.63, 3.8) is 0 Å². The van der Waals surface area contributed by atoms with Crippen molar-refractivity contribution in [3.05, 3.63) is 10.4 Å². The molecule has 1 heterocycles. The van der Waals surface area contributed by atoms with E-state index in [0.717, 1.165) is 13.0 Å². The molecule has 1 rings (SSSR count). The van der Waals surface area contributed by atoms with Crippen molar-refractivity contribution in [2.24, 2.45) is 5.73 Å². The van der Waals surface area contributed by atoms with Crippen LogP contribution in [0, 0.1) is 11.3 Å². The van der Waals surface area contributed by atoms with Gasteiger partial charge in [0.2, 0.25) is 0 Å². The van der Waals surface area contributed by atoms with E-state index in [2.05, 4.69) is 31.1 Å². The molecule has 0 aliphatic carbocycles. The molecule has 0 aliphatic heterocycles. The van der Waals surface area contributed by atoms with Crippen molar-refractivity contribution in [1.82, 2.24) is 4.90 Å². The van der Waals surface area contributed by atoms with Crippen LogP contribution < -0.4 is 16.8 Å². The molecule has 0 bridgehead atoms. The molecule has 0 aromatic carbocycles. The van der Waals surface area contributed by atoms with Gasteiger partial charge in [0.25, 0.3) is 5.91 Å². The number of nitriles is 1. The average molecular weight is 295 g/mol. The lowest BCUT2D eigenvalue weighted by molar-refractivity contribution is 0.100. The number of anilines is 2. The molecule has 20 heavy (non-hydrogen) atoms. The van der Waals surface area contributed by atoms with Gasteiger partial charge in [-0.3, -0.25) is 4.79 Å². The summed E-state index contributed by atoms with van der Waals surface area (Å²) in [6, 6.07) is 2.47. The third-order valence-corrected chi connectivity index (χ3v) is 4.22. The van der Waals surface area contributed by atoms with Gasteiger partial charge in [-0.05, 0) is 33.9 Å². The molecule has 0 fully saturated rings. The third kappa shape index (κ3) is 3.85. The maximum atomic E-state index is 11.4. The van der Waals surface area contributed by atoms with Gasteiger partial charge in [0, 0.05) is 12.6 Å². The predicted molar refractivity (Wildman–Crippen MR) is 82.8 cm³/mol. The van der Waals surface area contributed by atoms with Crippen LogP contribution in [0.1, 0.15) is 35.5 Å². The van der Waals surface area contributed by atoms with E-state index >= 15 is 0 Å². The zero-order chi connectivity index (χ0) is 15.3. The van der Waals surface area contributed by atoms with E-state index in [1.54, 1.807) is 0 Å². The van der Waals surface area contributed by atoms with Gasteiger partial charge in [0.1, 0.15) is 15.9 Å². The van der Waals surface area contributed by atoms with E-state index < -0.39 is 5.91 Å². The van der Waals surface area contributed by atoms with E-state index in [1.165, 1.54) is 11.3 Å². The maximum absolute atomic E-state index is 11.4. The van der Waals surface area contributed by atoms with Crippen LogP contribution in [-0.2, 0) is 0 Å². The smallest absolute Gasteiger partial charge is 0.253 e. The molecule has 1 aromatic heterocycles. The standard InChI is InChI=1S/C13H21N5OS/c1-8(2)18(3)6-4-5-17-13-10(12(16)19)11(15)9(7-14)20-13/h8,17H,4-6,15H2,1-3H3,(H2,16,19). The van der Waals surface area contributed by atoms with Crippen molar-refractivity contribution in [2.45, 2.75) is 26.3 Å². The highest BCUT2D eigenvalue weighted by Crippen LogP contribution is 2.34. The van der Waals surface area contributed by atoms with Crippen LogP contribution in [0.3, 0.4) is 0 Å². The largest absolute Gasteiger partial charge is 0.396 e. The molecule has 0 spiro atoms. The van der Waals surface area contributed by atoms with E-state index in [9.17, 15) is 4.79 Å². The van der Waals surface area contributed by atoms with E-state index in [1.807, 2.05) is 6.07 Å². The fourth-order valence-corrected chi connectivity index (χ4v) is 2.63. The van der Waals surface area contributed by atoms with Gasteiger partial charge in [0.15, 0.2) is 0 Å². The fraction of sp³-hybridized carbons (Fsp3) is 0.538. The van der Waals surface area contributed by atoms with Crippen LogP contribution in [0.25, 0.3) is 0 Å². The van der Waals surface area contributed by atoms with Crippen LogP contribution in [-0.4, -0.2) is 37.0 Å². The molecule has 0 saturated heterocycles. The number of hydrogen-bond donors (Lipinski definition) is 3. The van der Waals surface area contributed by atoms with Gasteiger partial charge in [-0.15, -0.1) is 11.3 Å². The summed E-state index contributed by atoms with van der Waals surface area (Å²) in [5.74, 6) is -0.609. The Morgan fingerprint density at radius 1 is 1.55 bits per heavy atom. The van der Waals surface area contributed by atoms with Crippen molar-refractivity contribution in [2.75, 3.05) is 31.2 Å². The summed E-state index contributed by atoms with van der Waals surface area (Å²) in [6.07, 6.45) is 0.923. The van der Waals surface area contributed by atoms with Crippen LogP contribution >= 0.6 is 11.3 Å². The normalized spacial score (nSPS) is 10.8. The molecular formula is C13H21N5OS. The Kier molecular flexibility index (Phi) is 5.80. The molecule has 0 radical (unpaired) electrons. The maximum Gasteiger partial charge on any atom is 0.253 e. The second kappa shape index (κ2) is 7.12. The molecule has 6 nitrogen and oxygen atoms in total. The quantitative estimate of drug-likeness (QED) is 0.660. The molecular weight excluding hydrogens is 274 g/mol. The number of carbonyl (C=O) groups is 1. The summed E-state index contributed by atoms with van der Waals surface area (Å²) in [7, 11) is 2.07. The number of primary amides is 1. The number of carbonyl (C=O) groups excluding carboxylic acids is 1. The average Bonchev–Trinajstić information content (AvgIpc) is 2.70. The minimum absolute atomic E-state index is 0.173. The van der Waals surface area contributed by atoms with E-state index in [-0.39, 0.29) is 11.3 Å². The number of nitrogens with one attached hydrogen (secondary N) is 1. The summed E-state index contributed by atoms with van der Waals surface area (Å²) < 4.78 is 0. The topological polar surface area (TPSA) is 108 Å². The van der Waals surface area contributed by atoms with E-state index in [0.29, 0.717) is 22.5 Å². The molecule has 1 aromatic rings. The Morgan fingerprint density at radius 2 is 2.20 bits per heavy atom. The van der Waals surface area contributed by atoms with Crippen molar-refractivity contribution in [3.8, 4) is 6.07 Å². The van der Waals surface area contributed by atoms with Crippen LogP contribution in [0.4, 0.5) is 10.7 Å². The van der Waals surface area contributed by atoms with Gasteiger partial charge in [-0.2, -0.15) is 5.26 Å². The molecule has 0 unspecified atom stereocenters. The molecule has 0 aliphatic rings. The first-order valence-corrected chi connectivity index (χ1v) is 7.26. The highest BCUT2D eigenvalue weighted by Gasteiger charge is 2.19. The number of nitrogen functional groups attached to an aromatic ring is 1. The second-order valence-electron chi connectivity index (χ2n) is 4.88. The Labute approximate surface area is 123 Å². The number of nitrogens with zero attached hydrogens (tertiary/aromatic N) is 2. The van der Waals surface area contributed by atoms with Crippen molar-refractivity contribution in [1.29, 1.82) is 5.26 Å². The first-order valence-electron chi connectivity index (χ1n) is 6.44. The highest BCUT2D eigenvalue weighted by atomic mass is 32.1. The summed E-state index contributed by atoms with van der Waals surface area (Å²) in [5.41, 5.74) is 11.5.